The van der Waals surface area contributed by atoms with Gasteiger partial charge in [0.2, 0.25) is 9.84 Å². The summed E-state index contributed by atoms with van der Waals surface area (Å²) in [5.41, 5.74) is -0.369. The number of hydrogen-bond acceptors (Lipinski definition) is 5. The zero-order valence-electron chi connectivity index (χ0n) is 11.2. The van der Waals surface area contributed by atoms with Crippen molar-refractivity contribution in [1.29, 1.82) is 5.41 Å². The Kier molecular flexibility index (Phi) is 3.64. The highest BCUT2D eigenvalue weighted by Gasteiger charge is 2.36. The van der Waals surface area contributed by atoms with Gasteiger partial charge in [0.15, 0.2) is 5.04 Å². The third-order valence-corrected chi connectivity index (χ3v) is 4.46. The lowest BCUT2D eigenvalue weighted by atomic mass is 10.1. The van der Waals surface area contributed by atoms with E-state index >= 15 is 0 Å². The molecule has 7 heteroatoms. The van der Waals surface area contributed by atoms with Crippen LogP contribution in [0.3, 0.4) is 0 Å². The van der Waals surface area contributed by atoms with E-state index in [9.17, 15) is 12.8 Å². The summed E-state index contributed by atoms with van der Waals surface area (Å²) in [5, 5.41) is 11.4. The second kappa shape index (κ2) is 4.97. The Morgan fingerprint density at radius 1 is 1.40 bits per heavy atom. The maximum atomic E-state index is 12.8. The van der Waals surface area contributed by atoms with Crippen molar-refractivity contribution in [2.24, 2.45) is 5.16 Å². The molecule has 0 fully saturated rings. The summed E-state index contributed by atoms with van der Waals surface area (Å²) in [7, 11) is -3.68. The molecule has 1 aliphatic heterocycles. The van der Waals surface area contributed by atoms with E-state index in [2.05, 4.69) is 5.16 Å². The van der Waals surface area contributed by atoms with Crippen molar-refractivity contribution in [3.8, 4) is 0 Å². The van der Waals surface area contributed by atoms with Crippen molar-refractivity contribution in [2.75, 3.05) is 5.75 Å². The van der Waals surface area contributed by atoms with Gasteiger partial charge in [-0.25, -0.2) is 12.8 Å². The molecule has 0 spiro atoms. The van der Waals surface area contributed by atoms with Gasteiger partial charge in [-0.3, -0.25) is 0 Å². The molecule has 5 nitrogen and oxygen atoms in total. The van der Waals surface area contributed by atoms with Gasteiger partial charge in [-0.15, -0.1) is 0 Å². The van der Waals surface area contributed by atoms with Crippen LogP contribution in [0.1, 0.15) is 25.8 Å². The van der Waals surface area contributed by atoms with Crippen molar-refractivity contribution in [1.82, 2.24) is 0 Å². The molecule has 0 amide bonds. The summed E-state index contributed by atoms with van der Waals surface area (Å²) in [4.78, 5) is 5.03. The molecule has 0 aliphatic carbocycles. The van der Waals surface area contributed by atoms with Crippen LogP contribution in [0, 0.1) is 11.2 Å². The first-order chi connectivity index (χ1) is 9.20. The van der Waals surface area contributed by atoms with Gasteiger partial charge in [-0.2, -0.15) is 0 Å². The normalized spacial score (nSPS) is 17.4. The topological polar surface area (TPSA) is 79.6 Å². The first-order valence-electron chi connectivity index (χ1n) is 6.01. The fraction of sp³-hybridized carbons (Fsp3) is 0.385. The van der Waals surface area contributed by atoms with Crippen molar-refractivity contribution in [2.45, 2.75) is 25.9 Å². The van der Waals surface area contributed by atoms with Gasteiger partial charge in [-0.1, -0.05) is 17.3 Å². The predicted molar refractivity (Wildman–Crippen MR) is 74.2 cm³/mol. The van der Waals surface area contributed by atoms with Gasteiger partial charge in [-0.05, 0) is 31.5 Å². The zero-order chi connectivity index (χ0) is 15.0. The van der Waals surface area contributed by atoms with Crippen molar-refractivity contribution < 1.29 is 17.6 Å². The van der Waals surface area contributed by atoms with Gasteiger partial charge in [0.05, 0.1) is 11.5 Å². The molecule has 0 radical (unpaired) electrons. The molecule has 1 N–H and O–H groups in total. The standard InChI is InChI=1S/C13H15FN2O3S/c1-13(2)7-12(16-19-13)20(17,18)8-11(15)9-3-5-10(14)6-4-9/h3-6,15H,7-8H2,1-2H3. The van der Waals surface area contributed by atoms with Crippen molar-refractivity contribution >= 4 is 20.6 Å². The van der Waals surface area contributed by atoms with E-state index in [4.69, 9.17) is 10.2 Å². The van der Waals surface area contributed by atoms with E-state index < -0.39 is 27.0 Å². The van der Waals surface area contributed by atoms with Crippen LogP contribution in [0.5, 0.6) is 0 Å². The minimum Gasteiger partial charge on any atom is -0.389 e. The Balaban J connectivity index is 2.13. The molecule has 0 bridgehead atoms. The van der Waals surface area contributed by atoms with Crippen LogP contribution in [-0.4, -0.2) is 30.5 Å². The summed E-state index contributed by atoms with van der Waals surface area (Å²) >= 11 is 0. The molecule has 0 aromatic heterocycles. The number of halogens is 1. The fourth-order valence-corrected chi connectivity index (χ4v) is 3.21. The Bertz CT molecular complexity index is 663. The monoisotopic (exact) mass is 298 g/mol. The molecule has 1 heterocycles. The fourth-order valence-electron chi connectivity index (χ4n) is 1.78. The van der Waals surface area contributed by atoms with Crippen LogP contribution >= 0.6 is 0 Å². The molecular weight excluding hydrogens is 283 g/mol. The van der Waals surface area contributed by atoms with Crippen LogP contribution in [0.4, 0.5) is 4.39 Å². The summed E-state index contributed by atoms with van der Waals surface area (Å²) in [6, 6.07) is 5.14. The Labute approximate surface area is 116 Å². The lowest BCUT2D eigenvalue weighted by Gasteiger charge is -2.13. The number of oxime groups is 1. The first kappa shape index (κ1) is 14.6. The summed E-state index contributed by atoms with van der Waals surface area (Å²) in [6.45, 7) is 3.48. The van der Waals surface area contributed by atoms with E-state index in [0.29, 0.717) is 5.56 Å². The van der Waals surface area contributed by atoms with Crippen molar-refractivity contribution in [3.05, 3.63) is 35.6 Å². The van der Waals surface area contributed by atoms with Crippen LogP contribution in [0.15, 0.2) is 29.4 Å². The highest BCUT2D eigenvalue weighted by Crippen LogP contribution is 2.25. The van der Waals surface area contributed by atoms with E-state index in [0.717, 1.165) is 0 Å². The largest absolute Gasteiger partial charge is 0.389 e. The van der Waals surface area contributed by atoms with E-state index in [-0.39, 0.29) is 17.2 Å². The van der Waals surface area contributed by atoms with Crippen LogP contribution < -0.4 is 0 Å². The molecule has 0 unspecified atom stereocenters. The number of sulfone groups is 1. The highest BCUT2D eigenvalue weighted by molar-refractivity contribution is 8.07. The van der Waals surface area contributed by atoms with E-state index in [1.54, 1.807) is 13.8 Å². The summed E-state index contributed by atoms with van der Waals surface area (Å²) in [6.07, 6.45) is 0.187. The van der Waals surface area contributed by atoms with Gasteiger partial charge >= 0.3 is 0 Å². The van der Waals surface area contributed by atoms with Crippen molar-refractivity contribution in [3.63, 3.8) is 0 Å². The van der Waals surface area contributed by atoms with E-state index in [1.807, 2.05) is 0 Å². The molecule has 1 aromatic rings. The average molecular weight is 298 g/mol. The number of benzene rings is 1. The molecule has 2 rings (SSSR count). The third kappa shape index (κ3) is 3.22. The van der Waals surface area contributed by atoms with Gasteiger partial charge in [0, 0.05) is 6.42 Å². The van der Waals surface area contributed by atoms with Gasteiger partial charge in [0.1, 0.15) is 11.4 Å². The summed E-state index contributed by atoms with van der Waals surface area (Å²) in [5.74, 6) is -0.906. The lowest BCUT2D eigenvalue weighted by Crippen LogP contribution is -2.26. The SMILES string of the molecule is CC1(C)CC(S(=O)(=O)CC(=N)c2ccc(F)cc2)=NO1. The zero-order valence-corrected chi connectivity index (χ0v) is 12.0. The minimum atomic E-state index is -3.68. The lowest BCUT2D eigenvalue weighted by molar-refractivity contribution is 0.0123. The smallest absolute Gasteiger partial charge is 0.200 e. The molecule has 20 heavy (non-hydrogen) atoms. The predicted octanol–water partition coefficient (Wildman–Crippen LogP) is 2.12. The second-order valence-electron chi connectivity index (χ2n) is 5.26. The molecule has 0 saturated carbocycles. The van der Waals surface area contributed by atoms with E-state index in [1.165, 1.54) is 24.3 Å². The number of nitrogens with one attached hydrogen (secondary N) is 1. The number of rotatable bonds is 3. The summed E-state index contributed by atoms with van der Waals surface area (Å²) < 4.78 is 37.1. The maximum absolute atomic E-state index is 12.8. The molecular formula is C13H15FN2O3S. The van der Waals surface area contributed by atoms with Gasteiger partial charge < -0.3 is 10.2 Å². The van der Waals surface area contributed by atoms with Crippen LogP contribution in [-0.2, 0) is 14.7 Å². The highest BCUT2D eigenvalue weighted by atomic mass is 32.2. The first-order valence-corrected chi connectivity index (χ1v) is 7.66. The molecule has 1 aliphatic rings. The Hall–Kier alpha value is -1.76. The molecule has 0 saturated heterocycles. The maximum Gasteiger partial charge on any atom is 0.200 e. The third-order valence-electron chi connectivity index (χ3n) is 2.86. The Morgan fingerprint density at radius 2 is 2.00 bits per heavy atom. The number of hydrogen-bond donors (Lipinski definition) is 1. The van der Waals surface area contributed by atoms with Crippen LogP contribution in [0.25, 0.3) is 0 Å². The molecule has 108 valence electrons. The van der Waals surface area contributed by atoms with Crippen LogP contribution in [0.2, 0.25) is 0 Å². The average Bonchev–Trinajstić information content (AvgIpc) is 2.70. The minimum absolute atomic E-state index is 0.0469. The number of nitrogens with zero attached hydrogens (tertiary/aromatic N) is 1. The Morgan fingerprint density at radius 3 is 2.50 bits per heavy atom. The van der Waals surface area contributed by atoms with Gasteiger partial charge in [0.25, 0.3) is 0 Å². The molecule has 1 aromatic carbocycles. The second-order valence-corrected chi connectivity index (χ2v) is 7.25. The molecule has 0 atom stereocenters. The quantitative estimate of drug-likeness (QED) is 0.868.